The molecule has 0 aliphatic heterocycles. The summed E-state index contributed by atoms with van der Waals surface area (Å²) in [7, 11) is 1.04. The quantitative estimate of drug-likeness (QED) is 0.749. The maximum Gasteiger partial charge on any atom is 0.204 e. The topological polar surface area (TPSA) is 29.5 Å². The SMILES string of the molecule is COc1c(F)c(C)c(CO)c(F)c1F. The second-order valence-electron chi connectivity index (χ2n) is 2.74. The van der Waals surface area contributed by atoms with Crippen molar-refractivity contribution in [3.8, 4) is 5.75 Å². The Morgan fingerprint density at radius 2 is 1.71 bits per heavy atom. The van der Waals surface area contributed by atoms with Gasteiger partial charge in [0, 0.05) is 5.56 Å². The minimum atomic E-state index is -1.42. The summed E-state index contributed by atoms with van der Waals surface area (Å²) in [6.07, 6.45) is 0. The number of halogens is 3. The summed E-state index contributed by atoms with van der Waals surface area (Å²) in [5.74, 6) is -4.45. The lowest BCUT2D eigenvalue weighted by Crippen LogP contribution is -2.05. The highest BCUT2D eigenvalue weighted by atomic mass is 19.2. The smallest absolute Gasteiger partial charge is 0.204 e. The molecule has 78 valence electrons. The summed E-state index contributed by atoms with van der Waals surface area (Å²) < 4.78 is 43.8. The number of benzene rings is 1. The van der Waals surface area contributed by atoms with Gasteiger partial charge in [-0.3, -0.25) is 0 Å². The number of rotatable bonds is 2. The minimum Gasteiger partial charge on any atom is -0.491 e. The lowest BCUT2D eigenvalue weighted by atomic mass is 10.1. The highest BCUT2D eigenvalue weighted by molar-refractivity contribution is 5.39. The van der Waals surface area contributed by atoms with Crippen molar-refractivity contribution in [2.45, 2.75) is 13.5 Å². The van der Waals surface area contributed by atoms with E-state index in [0.717, 1.165) is 7.11 Å². The van der Waals surface area contributed by atoms with Gasteiger partial charge in [-0.2, -0.15) is 4.39 Å². The molecule has 0 unspecified atom stereocenters. The molecule has 0 bridgehead atoms. The highest BCUT2D eigenvalue weighted by Gasteiger charge is 2.22. The fourth-order valence-corrected chi connectivity index (χ4v) is 1.16. The third-order valence-electron chi connectivity index (χ3n) is 2.00. The van der Waals surface area contributed by atoms with Gasteiger partial charge >= 0.3 is 0 Å². The van der Waals surface area contributed by atoms with Crippen molar-refractivity contribution >= 4 is 0 Å². The fraction of sp³-hybridized carbons (Fsp3) is 0.333. The van der Waals surface area contributed by atoms with E-state index >= 15 is 0 Å². The summed E-state index contributed by atoms with van der Waals surface area (Å²) in [6, 6.07) is 0. The normalized spacial score (nSPS) is 10.4. The first-order valence-corrected chi connectivity index (χ1v) is 3.85. The molecule has 1 aromatic carbocycles. The van der Waals surface area contributed by atoms with Crippen LogP contribution in [0.1, 0.15) is 11.1 Å². The Hall–Kier alpha value is -1.23. The molecule has 0 saturated heterocycles. The van der Waals surface area contributed by atoms with Crippen molar-refractivity contribution in [2.24, 2.45) is 0 Å². The molecule has 14 heavy (non-hydrogen) atoms. The number of hydrogen-bond acceptors (Lipinski definition) is 2. The predicted octanol–water partition coefficient (Wildman–Crippen LogP) is 1.91. The molecule has 1 N–H and O–H groups in total. The molecule has 0 fully saturated rings. The van der Waals surface area contributed by atoms with Gasteiger partial charge in [-0.05, 0) is 12.5 Å². The summed E-state index contributed by atoms with van der Waals surface area (Å²) >= 11 is 0. The second kappa shape index (κ2) is 3.88. The molecule has 1 rings (SSSR count). The number of aliphatic hydroxyl groups is 1. The number of hydrogen-bond donors (Lipinski definition) is 1. The maximum absolute atomic E-state index is 13.2. The molecule has 5 heteroatoms. The summed E-state index contributed by atoms with van der Waals surface area (Å²) in [5.41, 5.74) is -0.538. The maximum atomic E-state index is 13.2. The highest BCUT2D eigenvalue weighted by Crippen LogP contribution is 2.30. The van der Waals surface area contributed by atoms with Gasteiger partial charge in [-0.15, -0.1) is 0 Å². The van der Waals surface area contributed by atoms with Crippen LogP contribution >= 0.6 is 0 Å². The van der Waals surface area contributed by atoms with Crippen molar-refractivity contribution < 1.29 is 23.0 Å². The molecule has 0 spiro atoms. The van der Waals surface area contributed by atoms with Crippen molar-refractivity contribution in [1.82, 2.24) is 0 Å². The van der Waals surface area contributed by atoms with Crippen LogP contribution in [0.5, 0.6) is 5.75 Å². The van der Waals surface area contributed by atoms with E-state index in [1.165, 1.54) is 6.92 Å². The van der Waals surface area contributed by atoms with Crippen LogP contribution in [0.2, 0.25) is 0 Å². The van der Waals surface area contributed by atoms with Crippen LogP contribution in [0.15, 0.2) is 0 Å². The first kappa shape index (κ1) is 10.8. The van der Waals surface area contributed by atoms with E-state index in [4.69, 9.17) is 5.11 Å². The van der Waals surface area contributed by atoms with Crippen LogP contribution < -0.4 is 4.74 Å². The monoisotopic (exact) mass is 206 g/mol. The van der Waals surface area contributed by atoms with Gasteiger partial charge in [0.25, 0.3) is 0 Å². The van der Waals surface area contributed by atoms with E-state index in [-0.39, 0.29) is 11.1 Å². The Kier molecular flexibility index (Phi) is 3.00. The first-order valence-electron chi connectivity index (χ1n) is 3.85. The first-order chi connectivity index (χ1) is 6.54. The Balaban J connectivity index is 3.55. The molecule has 0 aliphatic rings. The van der Waals surface area contributed by atoms with E-state index in [1.54, 1.807) is 0 Å². The van der Waals surface area contributed by atoms with Gasteiger partial charge < -0.3 is 9.84 Å². The number of aliphatic hydroxyl groups excluding tert-OH is 1. The van der Waals surface area contributed by atoms with Crippen molar-refractivity contribution in [1.29, 1.82) is 0 Å². The average Bonchev–Trinajstić information content (AvgIpc) is 2.17. The van der Waals surface area contributed by atoms with Crippen molar-refractivity contribution in [3.63, 3.8) is 0 Å². The van der Waals surface area contributed by atoms with Crippen LogP contribution in [0, 0.1) is 24.4 Å². The van der Waals surface area contributed by atoms with E-state index in [0.29, 0.717) is 0 Å². The molecule has 0 heterocycles. The van der Waals surface area contributed by atoms with E-state index < -0.39 is 29.8 Å². The molecule has 0 radical (unpaired) electrons. The predicted molar refractivity (Wildman–Crippen MR) is 43.5 cm³/mol. The Morgan fingerprint density at radius 3 is 2.14 bits per heavy atom. The molecule has 0 aromatic heterocycles. The number of methoxy groups -OCH3 is 1. The zero-order valence-electron chi connectivity index (χ0n) is 7.70. The van der Waals surface area contributed by atoms with Gasteiger partial charge in [-0.25, -0.2) is 8.78 Å². The Morgan fingerprint density at radius 1 is 1.14 bits per heavy atom. The summed E-state index contributed by atoms with van der Waals surface area (Å²) in [5, 5.41) is 8.70. The van der Waals surface area contributed by atoms with Crippen molar-refractivity contribution in [2.75, 3.05) is 7.11 Å². The molecule has 0 amide bonds. The summed E-state index contributed by atoms with van der Waals surface area (Å²) in [4.78, 5) is 0. The summed E-state index contributed by atoms with van der Waals surface area (Å²) in [6.45, 7) is 0.488. The Labute approximate surface area is 78.9 Å². The van der Waals surface area contributed by atoms with E-state index in [9.17, 15) is 13.2 Å². The zero-order chi connectivity index (χ0) is 10.9. The van der Waals surface area contributed by atoms with Gasteiger partial charge in [-0.1, -0.05) is 0 Å². The Bertz CT molecular complexity index is 300. The molecule has 1 aromatic rings. The zero-order valence-corrected chi connectivity index (χ0v) is 7.70. The standard InChI is InChI=1S/C9H9F3O2/c1-4-5(3-13)7(11)8(12)9(14-2)6(4)10/h13H,3H2,1-2H3. The molecule has 2 nitrogen and oxygen atoms in total. The molecular weight excluding hydrogens is 197 g/mol. The van der Waals surface area contributed by atoms with Crippen LogP contribution in [0.25, 0.3) is 0 Å². The lowest BCUT2D eigenvalue weighted by molar-refractivity contribution is 0.267. The van der Waals surface area contributed by atoms with Gasteiger partial charge in [0.05, 0.1) is 13.7 Å². The van der Waals surface area contributed by atoms with Gasteiger partial charge in [0.2, 0.25) is 5.82 Å². The third-order valence-corrected chi connectivity index (χ3v) is 2.00. The van der Waals surface area contributed by atoms with Crippen LogP contribution in [-0.4, -0.2) is 12.2 Å². The largest absolute Gasteiger partial charge is 0.491 e. The minimum absolute atomic E-state index is 0.150. The number of ether oxygens (including phenoxy) is 1. The lowest BCUT2D eigenvalue weighted by Gasteiger charge is -2.11. The van der Waals surface area contributed by atoms with Crippen molar-refractivity contribution in [3.05, 3.63) is 28.6 Å². The molecule has 0 aliphatic carbocycles. The van der Waals surface area contributed by atoms with Crippen LogP contribution in [-0.2, 0) is 6.61 Å². The van der Waals surface area contributed by atoms with Gasteiger partial charge in [0.15, 0.2) is 17.4 Å². The second-order valence-corrected chi connectivity index (χ2v) is 2.74. The molecular formula is C9H9F3O2. The van der Waals surface area contributed by atoms with E-state index in [1.807, 2.05) is 0 Å². The third kappa shape index (κ3) is 1.43. The van der Waals surface area contributed by atoms with Crippen LogP contribution in [0.3, 0.4) is 0 Å². The molecule has 0 saturated carbocycles. The van der Waals surface area contributed by atoms with Crippen LogP contribution in [0.4, 0.5) is 13.2 Å². The molecule has 0 atom stereocenters. The van der Waals surface area contributed by atoms with Gasteiger partial charge in [0.1, 0.15) is 0 Å². The average molecular weight is 206 g/mol. The van der Waals surface area contributed by atoms with E-state index in [2.05, 4.69) is 4.74 Å². The fourth-order valence-electron chi connectivity index (χ4n) is 1.16.